The Hall–Kier alpha value is -1.60. The largest absolute Gasteiger partial charge is 0.376 e. The summed E-state index contributed by atoms with van der Waals surface area (Å²) in [7, 11) is 0. The smallest absolute Gasteiger partial charge is 0.144 e. The van der Waals surface area contributed by atoms with Crippen molar-refractivity contribution in [3.63, 3.8) is 0 Å². The minimum Gasteiger partial charge on any atom is -0.376 e. The zero-order chi connectivity index (χ0) is 14.2. The summed E-state index contributed by atoms with van der Waals surface area (Å²) in [6, 6.07) is 4.68. The Morgan fingerprint density at radius 1 is 1.24 bits per heavy atom. The van der Waals surface area contributed by atoms with Gasteiger partial charge in [-0.05, 0) is 62.5 Å². The third-order valence-corrected chi connectivity index (χ3v) is 4.97. The van der Waals surface area contributed by atoms with E-state index >= 15 is 0 Å². The number of nitrogens with one attached hydrogen (secondary N) is 1. The minimum atomic E-state index is 0.314. The van der Waals surface area contributed by atoms with Gasteiger partial charge in [0.1, 0.15) is 11.9 Å². The normalized spacial score (nSPS) is 28.0. The van der Waals surface area contributed by atoms with Gasteiger partial charge in [0.05, 0.1) is 17.7 Å². The standard InChI is InChI=1S/C17H21N3O/c18-10-13-9-12-3-1-2-4-14(12)19-17(13)20-15-7-8-21-16(15)11-5-6-11/h9,11,15-16H,1-8H2,(H,19,20). The molecule has 1 aromatic heterocycles. The predicted octanol–water partition coefficient (Wildman–Crippen LogP) is 2.81. The third-order valence-electron chi connectivity index (χ3n) is 4.97. The molecule has 2 atom stereocenters. The molecule has 0 spiro atoms. The lowest BCUT2D eigenvalue weighted by atomic mass is 9.94. The maximum atomic E-state index is 9.42. The highest BCUT2D eigenvalue weighted by Gasteiger charge is 2.41. The highest BCUT2D eigenvalue weighted by molar-refractivity contribution is 5.55. The van der Waals surface area contributed by atoms with E-state index in [1.54, 1.807) is 0 Å². The van der Waals surface area contributed by atoms with Gasteiger partial charge in [-0.2, -0.15) is 5.26 Å². The van der Waals surface area contributed by atoms with Crippen molar-refractivity contribution in [1.29, 1.82) is 5.26 Å². The molecule has 0 amide bonds. The first-order chi connectivity index (χ1) is 10.3. The van der Waals surface area contributed by atoms with Crippen molar-refractivity contribution in [3.05, 3.63) is 22.9 Å². The van der Waals surface area contributed by atoms with Gasteiger partial charge in [-0.15, -0.1) is 0 Å². The number of fused-ring (bicyclic) bond motifs is 1. The van der Waals surface area contributed by atoms with Crippen molar-refractivity contribution in [1.82, 2.24) is 4.98 Å². The van der Waals surface area contributed by atoms with E-state index in [1.165, 1.54) is 36.9 Å². The molecule has 4 rings (SSSR count). The van der Waals surface area contributed by atoms with Crippen molar-refractivity contribution in [2.24, 2.45) is 5.92 Å². The van der Waals surface area contributed by atoms with Gasteiger partial charge < -0.3 is 10.1 Å². The number of ether oxygens (including phenoxy) is 1. The van der Waals surface area contributed by atoms with Gasteiger partial charge in [0.25, 0.3) is 0 Å². The first-order valence-corrected chi connectivity index (χ1v) is 8.16. The molecule has 1 N–H and O–H groups in total. The van der Waals surface area contributed by atoms with Gasteiger partial charge in [0.2, 0.25) is 0 Å². The Morgan fingerprint density at radius 3 is 2.90 bits per heavy atom. The van der Waals surface area contributed by atoms with E-state index < -0.39 is 0 Å². The first kappa shape index (κ1) is 13.1. The molecule has 2 heterocycles. The summed E-state index contributed by atoms with van der Waals surface area (Å²) in [5.41, 5.74) is 3.14. The number of hydrogen-bond donors (Lipinski definition) is 1. The van der Waals surface area contributed by atoms with Crippen molar-refractivity contribution < 1.29 is 4.74 Å². The van der Waals surface area contributed by atoms with Crippen LogP contribution in [-0.4, -0.2) is 23.7 Å². The van der Waals surface area contributed by atoms with Gasteiger partial charge >= 0.3 is 0 Å². The summed E-state index contributed by atoms with van der Waals surface area (Å²) >= 11 is 0. The Labute approximate surface area is 125 Å². The van der Waals surface area contributed by atoms with Crippen LogP contribution in [0.3, 0.4) is 0 Å². The Bertz CT molecular complexity index is 588. The average Bonchev–Trinajstić information content (AvgIpc) is 3.26. The summed E-state index contributed by atoms with van der Waals surface area (Å²) in [6.07, 6.45) is 8.43. The SMILES string of the molecule is N#Cc1cc2c(nc1NC1CCOC1C1CC1)CCCC2. The molecule has 0 bridgehead atoms. The van der Waals surface area contributed by atoms with Crippen LogP contribution < -0.4 is 5.32 Å². The molecule has 110 valence electrons. The average molecular weight is 283 g/mol. The summed E-state index contributed by atoms with van der Waals surface area (Å²) in [5.74, 6) is 1.49. The van der Waals surface area contributed by atoms with Crippen molar-refractivity contribution in [2.75, 3.05) is 11.9 Å². The second-order valence-corrected chi connectivity index (χ2v) is 6.52. The second-order valence-electron chi connectivity index (χ2n) is 6.52. The molecule has 21 heavy (non-hydrogen) atoms. The first-order valence-electron chi connectivity index (χ1n) is 8.16. The number of aromatic nitrogens is 1. The monoisotopic (exact) mass is 283 g/mol. The molecule has 0 aromatic carbocycles. The summed E-state index contributed by atoms with van der Waals surface area (Å²) in [5, 5.41) is 12.9. The van der Waals surface area contributed by atoms with Crippen LogP contribution in [0.4, 0.5) is 5.82 Å². The highest BCUT2D eigenvalue weighted by Crippen LogP contribution is 2.39. The maximum Gasteiger partial charge on any atom is 0.144 e. The molecule has 4 nitrogen and oxygen atoms in total. The molecule has 1 saturated carbocycles. The van der Waals surface area contributed by atoms with Crippen molar-refractivity contribution >= 4 is 5.82 Å². The number of aryl methyl sites for hydroxylation is 2. The van der Waals surface area contributed by atoms with Gasteiger partial charge in [-0.3, -0.25) is 0 Å². The lowest BCUT2D eigenvalue weighted by Gasteiger charge is -2.22. The number of anilines is 1. The fourth-order valence-electron chi connectivity index (χ4n) is 3.66. The molecule has 2 fully saturated rings. The van der Waals surface area contributed by atoms with E-state index in [2.05, 4.69) is 11.4 Å². The summed E-state index contributed by atoms with van der Waals surface area (Å²) in [4.78, 5) is 4.77. The molecule has 1 aromatic rings. The molecule has 2 aliphatic carbocycles. The van der Waals surface area contributed by atoms with E-state index in [9.17, 15) is 5.26 Å². The fourth-order valence-corrected chi connectivity index (χ4v) is 3.66. The summed E-state index contributed by atoms with van der Waals surface area (Å²) < 4.78 is 5.87. The van der Waals surface area contributed by atoms with Crippen LogP contribution >= 0.6 is 0 Å². The second kappa shape index (κ2) is 5.31. The molecular weight excluding hydrogens is 262 g/mol. The Balaban J connectivity index is 1.60. The van der Waals surface area contributed by atoms with Gasteiger partial charge in [0, 0.05) is 12.3 Å². The Kier molecular flexibility index (Phi) is 3.31. The van der Waals surface area contributed by atoms with Gasteiger partial charge in [-0.25, -0.2) is 4.98 Å². The van der Waals surface area contributed by atoms with Crippen LogP contribution in [0.25, 0.3) is 0 Å². The maximum absolute atomic E-state index is 9.42. The third kappa shape index (κ3) is 2.51. The van der Waals surface area contributed by atoms with Crippen molar-refractivity contribution in [2.45, 2.75) is 57.1 Å². The van der Waals surface area contributed by atoms with Crippen LogP contribution in [0.5, 0.6) is 0 Å². The van der Waals surface area contributed by atoms with E-state index in [-0.39, 0.29) is 0 Å². The molecule has 4 heteroatoms. The number of hydrogen-bond acceptors (Lipinski definition) is 4. The Morgan fingerprint density at radius 2 is 2.10 bits per heavy atom. The number of nitriles is 1. The molecular formula is C17H21N3O. The molecule has 1 aliphatic heterocycles. The number of nitrogens with zero attached hydrogens (tertiary/aromatic N) is 2. The fraction of sp³-hybridized carbons (Fsp3) is 0.647. The van der Waals surface area contributed by atoms with Crippen LogP contribution in [-0.2, 0) is 17.6 Å². The van der Waals surface area contributed by atoms with Gasteiger partial charge in [0.15, 0.2) is 0 Å². The van der Waals surface area contributed by atoms with Crippen LogP contribution in [0.2, 0.25) is 0 Å². The molecule has 2 unspecified atom stereocenters. The molecule has 1 saturated heterocycles. The molecule has 3 aliphatic rings. The van der Waals surface area contributed by atoms with E-state index in [0.29, 0.717) is 23.6 Å². The summed E-state index contributed by atoms with van der Waals surface area (Å²) in [6.45, 7) is 0.825. The predicted molar refractivity (Wildman–Crippen MR) is 80.1 cm³/mol. The van der Waals surface area contributed by atoms with Crippen LogP contribution in [0.1, 0.15) is 48.9 Å². The number of pyridine rings is 1. The van der Waals surface area contributed by atoms with Crippen LogP contribution in [0.15, 0.2) is 6.07 Å². The molecule has 0 radical (unpaired) electrons. The van der Waals surface area contributed by atoms with E-state index in [1.807, 2.05) is 6.07 Å². The number of rotatable bonds is 3. The highest BCUT2D eigenvalue weighted by atomic mass is 16.5. The van der Waals surface area contributed by atoms with Crippen LogP contribution in [0, 0.1) is 17.2 Å². The lowest BCUT2D eigenvalue weighted by molar-refractivity contribution is 0.0898. The topological polar surface area (TPSA) is 57.9 Å². The van der Waals surface area contributed by atoms with Gasteiger partial charge in [-0.1, -0.05) is 0 Å². The van der Waals surface area contributed by atoms with Crippen molar-refractivity contribution in [3.8, 4) is 6.07 Å². The minimum absolute atomic E-state index is 0.314. The van der Waals surface area contributed by atoms with E-state index in [4.69, 9.17) is 9.72 Å². The zero-order valence-corrected chi connectivity index (χ0v) is 12.3. The zero-order valence-electron chi connectivity index (χ0n) is 12.3. The van der Waals surface area contributed by atoms with E-state index in [0.717, 1.165) is 31.7 Å². The quantitative estimate of drug-likeness (QED) is 0.926. The lowest BCUT2D eigenvalue weighted by Crippen LogP contribution is -2.32.